The highest BCUT2D eigenvalue weighted by atomic mass is 16.5. The van der Waals surface area contributed by atoms with Crippen molar-refractivity contribution >= 4 is 29.1 Å². The number of ether oxygens (including phenoxy) is 1. The van der Waals surface area contributed by atoms with Crippen molar-refractivity contribution in [1.29, 1.82) is 0 Å². The number of anilines is 1. The summed E-state index contributed by atoms with van der Waals surface area (Å²) in [5, 5.41) is 2.68. The summed E-state index contributed by atoms with van der Waals surface area (Å²) < 4.78 is 5.47. The zero-order valence-electron chi connectivity index (χ0n) is 16.5. The number of Topliss-reactive ketones (excluding diaryl/α,β-unsaturated/α-hetero) is 2. The lowest BCUT2D eigenvalue weighted by molar-refractivity contribution is -0.125. The minimum Gasteiger partial charge on any atom is -0.443 e. The fourth-order valence-corrected chi connectivity index (χ4v) is 2.81. The second-order valence-corrected chi connectivity index (χ2v) is 6.68. The van der Waals surface area contributed by atoms with Crippen molar-refractivity contribution in [3.8, 4) is 0 Å². The first-order valence-electron chi connectivity index (χ1n) is 9.22. The Morgan fingerprint density at radius 3 is 2.20 bits per heavy atom. The van der Waals surface area contributed by atoms with Crippen LogP contribution in [-0.4, -0.2) is 28.4 Å². The van der Waals surface area contributed by atoms with Gasteiger partial charge in [-0.15, -0.1) is 0 Å². The van der Waals surface area contributed by atoms with Gasteiger partial charge in [-0.3, -0.25) is 14.4 Å². The van der Waals surface area contributed by atoms with E-state index in [4.69, 9.17) is 4.74 Å². The number of aromatic nitrogens is 1. The maximum absolute atomic E-state index is 12.9. The van der Waals surface area contributed by atoms with E-state index in [0.717, 1.165) is 0 Å². The molecule has 152 valence electrons. The molecule has 0 saturated heterocycles. The minimum atomic E-state index is -1.23. The van der Waals surface area contributed by atoms with Gasteiger partial charge < -0.3 is 15.0 Å². The minimum absolute atomic E-state index is 0.0625. The number of nitrogens with one attached hydrogen (secondary N) is 2. The molecule has 0 aliphatic carbocycles. The van der Waals surface area contributed by atoms with Crippen LogP contribution in [0.25, 0.3) is 0 Å². The number of carbonyl (C=O) groups excluding carboxylic acids is 4. The number of amides is 1. The second-order valence-electron chi connectivity index (χ2n) is 6.68. The zero-order valence-corrected chi connectivity index (χ0v) is 16.5. The number of rotatable bonds is 7. The maximum atomic E-state index is 12.9. The molecule has 0 aliphatic heterocycles. The smallest absolute Gasteiger partial charge is 0.355 e. The molecule has 2 aromatic carbocycles. The number of carbonyl (C=O) groups is 4. The van der Waals surface area contributed by atoms with Crippen LogP contribution in [0.5, 0.6) is 0 Å². The summed E-state index contributed by atoms with van der Waals surface area (Å²) in [6.45, 7) is 2.81. The molecule has 1 heterocycles. The summed E-state index contributed by atoms with van der Waals surface area (Å²) in [6.07, 6.45) is 0.174. The van der Waals surface area contributed by atoms with Crippen molar-refractivity contribution in [2.24, 2.45) is 0 Å². The molecule has 7 heteroatoms. The number of H-pyrrole nitrogens is 1. The van der Waals surface area contributed by atoms with Gasteiger partial charge >= 0.3 is 5.97 Å². The summed E-state index contributed by atoms with van der Waals surface area (Å²) in [6, 6.07) is 16.4. The van der Waals surface area contributed by atoms with Crippen LogP contribution < -0.4 is 5.32 Å². The van der Waals surface area contributed by atoms with Crippen LogP contribution in [0, 0.1) is 0 Å². The summed E-state index contributed by atoms with van der Waals surface area (Å²) in [7, 11) is 0. The Balaban J connectivity index is 1.84. The molecule has 2 N–H and O–H groups in total. The second kappa shape index (κ2) is 9.00. The zero-order chi connectivity index (χ0) is 21.7. The van der Waals surface area contributed by atoms with E-state index in [-0.39, 0.29) is 17.3 Å². The lowest BCUT2D eigenvalue weighted by Crippen LogP contribution is -2.26. The molecule has 30 heavy (non-hydrogen) atoms. The summed E-state index contributed by atoms with van der Waals surface area (Å²) in [4.78, 5) is 51.2. The molecule has 0 saturated carbocycles. The van der Waals surface area contributed by atoms with E-state index in [1.165, 1.54) is 26.1 Å². The molecule has 0 aliphatic rings. The lowest BCUT2D eigenvalue weighted by Gasteiger charge is -2.18. The SMILES string of the molecule is CC(=O)c1cccc(NC(=O)[C@@H](OC(=O)c2cc(C(C)=O)c[nH]2)c2ccccc2)c1. The number of aromatic amines is 1. The first kappa shape index (κ1) is 20.7. The molecule has 0 radical (unpaired) electrons. The Morgan fingerprint density at radius 2 is 1.57 bits per heavy atom. The maximum Gasteiger partial charge on any atom is 0.355 e. The van der Waals surface area contributed by atoms with Gasteiger partial charge in [-0.25, -0.2) is 4.79 Å². The Bertz CT molecular complexity index is 1100. The Labute approximate surface area is 173 Å². The monoisotopic (exact) mass is 404 g/mol. The fraction of sp³-hybridized carbons (Fsp3) is 0.130. The molecule has 7 nitrogen and oxygen atoms in total. The van der Waals surface area contributed by atoms with E-state index < -0.39 is 18.0 Å². The number of benzene rings is 2. The van der Waals surface area contributed by atoms with Crippen molar-refractivity contribution in [1.82, 2.24) is 4.98 Å². The molecule has 0 bridgehead atoms. The van der Waals surface area contributed by atoms with E-state index in [0.29, 0.717) is 22.4 Å². The van der Waals surface area contributed by atoms with Crippen LogP contribution in [0.15, 0.2) is 66.9 Å². The lowest BCUT2D eigenvalue weighted by atomic mass is 10.1. The van der Waals surface area contributed by atoms with E-state index >= 15 is 0 Å². The quantitative estimate of drug-likeness (QED) is 0.458. The van der Waals surface area contributed by atoms with Crippen LogP contribution in [0.2, 0.25) is 0 Å². The summed E-state index contributed by atoms with van der Waals surface area (Å²) in [5.41, 5.74) is 1.73. The number of ketones is 2. The van der Waals surface area contributed by atoms with Crippen molar-refractivity contribution in [3.05, 3.63) is 89.2 Å². The topological polar surface area (TPSA) is 105 Å². The van der Waals surface area contributed by atoms with Crippen LogP contribution in [0.1, 0.15) is 56.7 Å². The van der Waals surface area contributed by atoms with Crippen molar-refractivity contribution in [2.45, 2.75) is 20.0 Å². The van der Waals surface area contributed by atoms with E-state index in [9.17, 15) is 19.2 Å². The van der Waals surface area contributed by atoms with Gasteiger partial charge in [-0.05, 0) is 32.0 Å². The van der Waals surface area contributed by atoms with Gasteiger partial charge in [0.25, 0.3) is 5.91 Å². The van der Waals surface area contributed by atoms with Gasteiger partial charge in [-0.1, -0.05) is 42.5 Å². The predicted octanol–water partition coefficient (Wildman–Crippen LogP) is 3.96. The van der Waals surface area contributed by atoms with Gasteiger partial charge in [0.2, 0.25) is 6.10 Å². The fourth-order valence-electron chi connectivity index (χ4n) is 2.81. The molecule has 0 fully saturated rings. The van der Waals surface area contributed by atoms with E-state index in [1.807, 2.05) is 0 Å². The van der Waals surface area contributed by atoms with Crippen LogP contribution in [0.3, 0.4) is 0 Å². The number of hydrogen-bond acceptors (Lipinski definition) is 5. The molecular weight excluding hydrogens is 384 g/mol. The van der Waals surface area contributed by atoms with Crippen LogP contribution in [0.4, 0.5) is 5.69 Å². The molecule has 1 amide bonds. The third kappa shape index (κ3) is 4.88. The molecule has 3 rings (SSSR count). The highest BCUT2D eigenvalue weighted by Crippen LogP contribution is 2.22. The molecule has 0 spiro atoms. The van der Waals surface area contributed by atoms with Gasteiger partial charge in [0.1, 0.15) is 5.69 Å². The van der Waals surface area contributed by atoms with Crippen molar-refractivity contribution < 1.29 is 23.9 Å². The predicted molar refractivity (Wildman–Crippen MR) is 110 cm³/mol. The van der Waals surface area contributed by atoms with Gasteiger partial charge in [-0.2, -0.15) is 0 Å². The molecule has 1 aromatic heterocycles. The number of hydrogen-bond donors (Lipinski definition) is 2. The van der Waals surface area contributed by atoms with Gasteiger partial charge in [0.15, 0.2) is 11.6 Å². The Morgan fingerprint density at radius 1 is 0.867 bits per heavy atom. The highest BCUT2D eigenvalue weighted by molar-refractivity contribution is 6.01. The molecule has 1 atom stereocenters. The standard InChI is InChI=1S/C23H20N2O5/c1-14(26)17-9-6-10-19(11-17)25-22(28)21(16-7-4-3-5-8-16)30-23(29)20-12-18(13-24-20)15(2)27/h3-13,21,24H,1-2H3,(H,25,28)/t21-/m0/s1. The van der Waals surface area contributed by atoms with Crippen molar-refractivity contribution in [2.75, 3.05) is 5.32 Å². The molecule has 3 aromatic rings. The van der Waals surface area contributed by atoms with Gasteiger partial charge in [0.05, 0.1) is 0 Å². The normalized spacial score (nSPS) is 11.4. The number of esters is 1. The largest absolute Gasteiger partial charge is 0.443 e. The third-order valence-corrected chi connectivity index (χ3v) is 4.41. The molecular formula is C23H20N2O5. The highest BCUT2D eigenvalue weighted by Gasteiger charge is 2.26. The first-order valence-corrected chi connectivity index (χ1v) is 9.22. The average Bonchev–Trinajstić information content (AvgIpc) is 3.23. The molecule has 0 unspecified atom stereocenters. The van der Waals surface area contributed by atoms with Crippen molar-refractivity contribution in [3.63, 3.8) is 0 Å². The third-order valence-electron chi connectivity index (χ3n) is 4.41. The van der Waals surface area contributed by atoms with E-state index in [1.54, 1.807) is 54.6 Å². The Kier molecular flexibility index (Phi) is 6.22. The van der Waals surface area contributed by atoms with Crippen LogP contribution in [-0.2, 0) is 9.53 Å². The average molecular weight is 404 g/mol. The van der Waals surface area contributed by atoms with E-state index in [2.05, 4.69) is 10.3 Å². The van der Waals surface area contributed by atoms with Gasteiger partial charge in [0, 0.05) is 28.6 Å². The Hall–Kier alpha value is -4.00. The summed E-state index contributed by atoms with van der Waals surface area (Å²) in [5.74, 6) is -1.68. The summed E-state index contributed by atoms with van der Waals surface area (Å²) >= 11 is 0. The van der Waals surface area contributed by atoms with Crippen LogP contribution >= 0.6 is 0 Å². The first-order chi connectivity index (χ1) is 14.3.